The lowest BCUT2D eigenvalue weighted by molar-refractivity contribution is 0.101. The first-order valence-electron chi connectivity index (χ1n) is 8.20. The summed E-state index contributed by atoms with van der Waals surface area (Å²) in [6, 6.07) is 14.1. The van der Waals surface area contributed by atoms with Crippen LogP contribution in [-0.4, -0.2) is 28.8 Å². The predicted octanol–water partition coefficient (Wildman–Crippen LogP) is 3.68. The Morgan fingerprint density at radius 1 is 0.926 bits per heavy atom. The minimum atomic E-state index is -0.355. The van der Waals surface area contributed by atoms with E-state index in [9.17, 15) is 9.59 Å². The molecule has 0 aliphatic carbocycles. The third-order valence-electron chi connectivity index (χ3n) is 3.79. The molecule has 0 bridgehead atoms. The van der Waals surface area contributed by atoms with Crippen LogP contribution in [0, 0.1) is 0 Å². The summed E-state index contributed by atoms with van der Waals surface area (Å²) in [6.45, 7) is 1.48. The molecule has 7 heteroatoms. The van der Waals surface area contributed by atoms with Gasteiger partial charge in [0.1, 0.15) is 5.75 Å². The zero-order valence-corrected chi connectivity index (χ0v) is 14.9. The van der Waals surface area contributed by atoms with Gasteiger partial charge in [0, 0.05) is 29.3 Å². The molecule has 2 N–H and O–H groups in total. The first-order valence-corrected chi connectivity index (χ1v) is 8.20. The normalized spacial score (nSPS) is 10.1. The maximum Gasteiger partial charge on any atom is 0.258 e. The SMILES string of the molecule is COc1ccc(Nc2ncc(C(=O)Nc3cccc(C(C)=O)c3)cn2)cc1. The molecule has 1 amide bonds. The van der Waals surface area contributed by atoms with E-state index in [1.54, 1.807) is 31.4 Å². The predicted molar refractivity (Wildman–Crippen MR) is 103 cm³/mol. The van der Waals surface area contributed by atoms with Crippen LogP contribution in [0.3, 0.4) is 0 Å². The number of benzene rings is 2. The van der Waals surface area contributed by atoms with Crippen LogP contribution in [0.25, 0.3) is 0 Å². The van der Waals surface area contributed by atoms with Crippen molar-refractivity contribution in [3.05, 3.63) is 72.1 Å². The third kappa shape index (κ3) is 4.66. The number of amides is 1. The number of hydrogen-bond donors (Lipinski definition) is 2. The van der Waals surface area contributed by atoms with Crippen molar-refractivity contribution in [1.82, 2.24) is 9.97 Å². The van der Waals surface area contributed by atoms with E-state index in [-0.39, 0.29) is 11.7 Å². The van der Waals surface area contributed by atoms with Crippen molar-refractivity contribution in [1.29, 1.82) is 0 Å². The number of rotatable bonds is 6. The molecule has 7 nitrogen and oxygen atoms in total. The fourth-order valence-electron chi connectivity index (χ4n) is 2.33. The quantitative estimate of drug-likeness (QED) is 0.650. The van der Waals surface area contributed by atoms with E-state index in [0.29, 0.717) is 22.8 Å². The molecule has 136 valence electrons. The Morgan fingerprint density at radius 2 is 1.63 bits per heavy atom. The van der Waals surface area contributed by atoms with Gasteiger partial charge in [0.05, 0.1) is 12.7 Å². The molecule has 0 aliphatic rings. The molecular formula is C20H18N4O3. The molecule has 2 aromatic carbocycles. The summed E-state index contributed by atoms with van der Waals surface area (Å²) in [6.07, 6.45) is 2.87. The highest BCUT2D eigenvalue weighted by Crippen LogP contribution is 2.18. The lowest BCUT2D eigenvalue weighted by Crippen LogP contribution is -2.13. The Balaban J connectivity index is 1.66. The lowest BCUT2D eigenvalue weighted by atomic mass is 10.1. The highest BCUT2D eigenvalue weighted by molar-refractivity contribution is 6.04. The molecule has 0 fully saturated rings. The molecule has 0 unspecified atom stereocenters. The second-order valence-electron chi connectivity index (χ2n) is 5.74. The van der Waals surface area contributed by atoms with Crippen molar-refractivity contribution >= 4 is 29.0 Å². The average molecular weight is 362 g/mol. The highest BCUT2D eigenvalue weighted by Gasteiger charge is 2.09. The number of nitrogens with one attached hydrogen (secondary N) is 2. The molecular weight excluding hydrogens is 344 g/mol. The number of nitrogens with zero attached hydrogens (tertiary/aromatic N) is 2. The monoisotopic (exact) mass is 362 g/mol. The van der Waals surface area contributed by atoms with Crippen molar-refractivity contribution in [2.75, 3.05) is 17.7 Å². The summed E-state index contributed by atoms with van der Waals surface area (Å²) in [5.41, 5.74) is 2.17. The van der Waals surface area contributed by atoms with E-state index < -0.39 is 0 Å². The number of hydrogen-bond acceptors (Lipinski definition) is 6. The van der Waals surface area contributed by atoms with Gasteiger partial charge >= 0.3 is 0 Å². The molecule has 0 radical (unpaired) electrons. The summed E-state index contributed by atoms with van der Waals surface area (Å²) < 4.78 is 5.11. The van der Waals surface area contributed by atoms with E-state index >= 15 is 0 Å². The number of Topliss-reactive ketones (excluding diaryl/α,β-unsaturated/α-hetero) is 1. The number of methoxy groups -OCH3 is 1. The molecule has 3 aromatic rings. The average Bonchev–Trinajstić information content (AvgIpc) is 2.69. The molecule has 3 rings (SSSR count). The van der Waals surface area contributed by atoms with Gasteiger partial charge in [-0.05, 0) is 43.3 Å². The van der Waals surface area contributed by atoms with Crippen LogP contribution in [0.2, 0.25) is 0 Å². The van der Waals surface area contributed by atoms with Crippen molar-refractivity contribution in [2.24, 2.45) is 0 Å². The maximum absolute atomic E-state index is 12.3. The van der Waals surface area contributed by atoms with Crippen LogP contribution in [0.4, 0.5) is 17.3 Å². The molecule has 0 saturated carbocycles. The van der Waals surface area contributed by atoms with Gasteiger partial charge in [-0.15, -0.1) is 0 Å². The number of ketones is 1. The highest BCUT2D eigenvalue weighted by atomic mass is 16.5. The largest absolute Gasteiger partial charge is 0.497 e. The smallest absolute Gasteiger partial charge is 0.258 e. The summed E-state index contributed by atoms with van der Waals surface area (Å²) in [5.74, 6) is 0.702. The molecule has 27 heavy (non-hydrogen) atoms. The van der Waals surface area contributed by atoms with Gasteiger partial charge in [0.15, 0.2) is 5.78 Å². The maximum atomic E-state index is 12.3. The van der Waals surface area contributed by atoms with Gasteiger partial charge in [-0.2, -0.15) is 0 Å². The number of anilines is 3. The van der Waals surface area contributed by atoms with Crippen LogP contribution in [0.15, 0.2) is 60.9 Å². The van der Waals surface area contributed by atoms with E-state index in [4.69, 9.17) is 4.74 Å². The summed E-state index contributed by atoms with van der Waals surface area (Å²) >= 11 is 0. The van der Waals surface area contributed by atoms with Crippen molar-refractivity contribution in [3.63, 3.8) is 0 Å². The summed E-state index contributed by atoms with van der Waals surface area (Å²) in [7, 11) is 1.60. The van der Waals surface area contributed by atoms with E-state index in [0.717, 1.165) is 11.4 Å². The molecule has 0 atom stereocenters. The standard InChI is InChI=1S/C20H18N4O3/c1-13(25)14-4-3-5-17(10-14)23-19(26)15-11-21-20(22-12-15)24-16-6-8-18(27-2)9-7-16/h3-12H,1-2H3,(H,23,26)(H,21,22,24). The van der Waals surface area contributed by atoms with Crippen LogP contribution in [-0.2, 0) is 0 Å². The minimum Gasteiger partial charge on any atom is -0.497 e. The Morgan fingerprint density at radius 3 is 2.26 bits per heavy atom. The van der Waals surface area contributed by atoms with Gasteiger partial charge in [0.25, 0.3) is 5.91 Å². The first-order chi connectivity index (χ1) is 13.0. The van der Waals surface area contributed by atoms with Gasteiger partial charge in [-0.1, -0.05) is 12.1 Å². The lowest BCUT2D eigenvalue weighted by Gasteiger charge is -2.08. The zero-order valence-electron chi connectivity index (χ0n) is 14.9. The third-order valence-corrected chi connectivity index (χ3v) is 3.79. The topological polar surface area (TPSA) is 93.2 Å². The molecule has 0 saturated heterocycles. The summed E-state index contributed by atoms with van der Waals surface area (Å²) in [5, 5.41) is 5.77. The van der Waals surface area contributed by atoms with Crippen molar-refractivity contribution in [2.45, 2.75) is 6.92 Å². The second kappa shape index (κ2) is 8.09. The fraction of sp³-hybridized carbons (Fsp3) is 0.100. The van der Waals surface area contributed by atoms with Gasteiger partial charge < -0.3 is 15.4 Å². The van der Waals surface area contributed by atoms with Crippen LogP contribution in [0.5, 0.6) is 5.75 Å². The zero-order chi connectivity index (χ0) is 19.2. The fourth-order valence-corrected chi connectivity index (χ4v) is 2.33. The van der Waals surface area contributed by atoms with Gasteiger partial charge in [-0.3, -0.25) is 9.59 Å². The van der Waals surface area contributed by atoms with E-state index in [2.05, 4.69) is 20.6 Å². The number of carbonyl (C=O) groups is 2. The summed E-state index contributed by atoms with van der Waals surface area (Å²) in [4.78, 5) is 32.1. The van der Waals surface area contributed by atoms with Crippen molar-refractivity contribution < 1.29 is 14.3 Å². The number of aromatic nitrogens is 2. The molecule has 1 heterocycles. The second-order valence-corrected chi connectivity index (χ2v) is 5.74. The Hall–Kier alpha value is -3.74. The minimum absolute atomic E-state index is 0.0663. The molecule has 0 aliphatic heterocycles. The van der Waals surface area contributed by atoms with Gasteiger partial charge in [-0.25, -0.2) is 9.97 Å². The first kappa shape index (κ1) is 18.1. The molecule has 0 spiro atoms. The van der Waals surface area contributed by atoms with Crippen LogP contribution in [0.1, 0.15) is 27.6 Å². The Kier molecular flexibility index (Phi) is 5.41. The van der Waals surface area contributed by atoms with Crippen LogP contribution < -0.4 is 15.4 Å². The van der Waals surface area contributed by atoms with E-state index in [1.807, 2.05) is 24.3 Å². The van der Waals surface area contributed by atoms with Gasteiger partial charge in [0.2, 0.25) is 5.95 Å². The van der Waals surface area contributed by atoms with E-state index in [1.165, 1.54) is 19.3 Å². The van der Waals surface area contributed by atoms with Crippen molar-refractivity contribution in [3.8, 4) is 5.75 Å². The van der Waals surface area contributed by atoms with Crippen LogP contribution >= 0.6 is 0 Å². The molecule has 1 aromatic heterocycles. The number of carbonyl (C=O) groups excluding carboxylic acids is 2. The Bertz CT molecular complexity index is 954. The number of ether oxygens (including phenoxy) is 1. The Labute approximate surface area is 156 Å².